The molecule has 0 amide bonds. The van der Waals surface area contributed by atoms with Crippen LogP contribution >= 0.6 is 0 Å². The number of piperidine rings is 1. The predicted molar refractivity (Wildman–Crippen MR) is 85.2 cm³/mol. The maximum absolute atomic E-state index is 13.7. The zero-order valence-corrected chi connectivity index (χ0v) is 12.9. The minimum atomic E-state index is -0.263. The fraction of sp³-hybridized carbons (Fsp3) is 0.556. The van der Waals surface area contributed by atoms with Crippen molar-refractivity contribution in [1.82, 2.24) is 4.90 Å². The van der Waals surface area contributed by atoms with Crippen molar-refractivity contribution in [3.8, 4) is 11.8 Å². The standard InChI is InChI=1S/C18H25FN2/c1-2-4-15-8-11-21(12-9-15)14-16-6-7-18(19)17(13-16)5-3-10-20/h6-7,13,15H,2,4,8-12,14,20H2,1H3. The van der Waals surface area contributed by atoms with Crippen LogP contribution in [0.1, 0.15) is 43.7 Å². The summed E-state index contributed by atoms with van der Waals surface area (Å²) in [5.41, 5.74) is 6.94. The van der Waals surface area contributed by atoms with Gasteiger partial charge in [-0.15, -0.1) is 0 Å². The first-order valence-electron chi connectivity index (χ1n) is 7.92. The monoisotopic (exact) mass is 288 g/mol. The Kier molecular flexibility index (Phi) is 6.22. The van der Waals surface area contributed by atoms with Crippen molar-refractivity contribution in [2.24, 2.45) is 11.7 Å². The van der Waals surface area contributed by atoms with Crippen LogP contribution in [-0.2, 0) is 6.54 Å². The lowest BCUT2D eigenvalue weighted by atomic mass is 9.92. The SMILES string of the molecule is CCCC1CCN(Cc2ccc(F)c(C#CCN)c2)CC1. The minimum Gasteiger partial charge on any atom is -0.320 e. The lowest BCUT2D eigenvalue weighted by Crippen LogP contribution is -2.33. The van der Waals surface area contributed by atoms with Crippen LogP contribution in [0.3, 0.4) is 0 Å². The predicted octanol–water partition coefficient (Wildman–Crippen LogP) is 3.15. The highest BCUT2D eigenvalue weighted by atomic mass is 19.1. The summed E-state index contributed by atoms with van der Waals surface area (Å²) in [7, 11) is 0. The molecule has 1 aliphatic rings. The first-order valence-corrected chi connectivity index (χ1v) is 7.92. The van der Waals surface area contributed by atoms with Gasteiger partial charge in [-0.05, 0) is 49.5 Å². The van der Waals surface area contributed by atoms with Crippen molar-refractivity contribution in [3.05, 3.63) is 35.1 Å². The van der Waals surface area contributed by atoms with Crippen molar-refractivity contribution >= 4 is 0 Å². The van der Waals surface area contributed by atoms with E-state index in [0.29, 0.717) is 5.56 Å². The van der Waals surface area contributed by atoms with E-state index in [2.05, 4.69) is 23.7 Å². The highest BCUT2D eigenvalue weighted by Crippen LogP contribution is 2.23. The topological polar surface area (TPSA) is 29.3 Å². The first-order chi connectivity index (χ1) is 10.2. The Morgan fingerprint density at radius 1 is 1.33 bits per heavy atom. The molecule has 0 aromatic heterocycles. The Labute approximate surface area is 127 Å². The number of rotatable bonds is 4. The Morgan fingerprint density at radius 3 is 2.76 bits per heavy atom. The maximum atomic E-state index is 13.7. The van der Waals surface area contributed by atoms with Crippen LogP contribution in [0, 0.1) is 23.6 Å². The third-order valence-electron chi connectivity index (χ3n) is 4.17. The summed E-state index contributed by atoms with van der Waals surface area (Å²) >= 11 is 0. The molecule has 0 aliphatic carbocycles. The van der Waals surface area contributed by atoms with E-state index in [9.17, 15) is 4.39 Å². The first kappa shape index (κ1) is 16.0. The average molecular weight is 288 g/mol. The molecule has 0 saturated carbocycles. The zero-order valence-electron chi connectivity index (χ0n) is 12.9. The van der Waals surface area contributed by atoms with Gasteiger partial charge >= 0.3 is 0 Å². The quantitative estimate of drug-likeness (QED) is 0.862. The third-order valence-corrected chi connectivity index (χ3v) is 4.17. The fourth-order valence-corrected chi connectivity index (χ4v) is 3.01. The molecular weight excluding hydrogens is 263 g/mol. The Hall–Kier alpha value is -1.37. The molecule has 2 N–H and O–H groups in total. The van der Waals surface area contributed by atoms with E-state index in [-0.39, 0.29) is 12.4 Å². The van der Waals surface area contributed by atoms with Gasteiger partial charge in [-0.1, -0.05) is 37.7 Å². The molecule has 0 unspecified atom stereocenters. The summed E-state index contributed by atoms with van der Waals surface area (Å²) in [5, 5.41) is 0. The summed E-state index contributed by atoms with van der Waals surface area (Å²) in [6, 6.07) is 5.23. The molecule has 0 radical (unpaired) electrons. The Bertz CT molecular complexity index is 508. The van der Waals surface area contributed by atoms with E-state index in [4.69, 9.17) is 5.73 Å². The number of hydrogen-bond acceptors (Lipinski definition) is 2. The van der Waals surface area contributed by atoms with Gasteiger partial charge < -0.3 is 5.73 Å². The van der Waals surface area contributed by atoms with E-state index < -0.39 is 0 Å². The molecule has 1 aliphatic heterocycles. The van der Waals surface area contributed by atoms with E-state index in [0.717, 1.165) is 31.1 Å². The smallest absolute Gasteiger partial charge is 0.138 e. The second-order valence-electron chi connectivity index (χ2n) is 5.83. The lowest BCUT2D eigenvalue weighted by molar-refractivity contribution is 0.172. The van der Waals surface area contributed by atoms with Crippen LogP contribution in [0.4, 0.5) is 4.39 Å². The fourth-order valence-electron chi connectivity index (χ4n) is 3.01. The molecule has 1 fully saturated rings. The van der Waals surface area contributed by atoms with Gasteiger partial charge in [0.05, 0.1) is 12.1 Å². The summed E-state index contributed by atoms with van der Waals surface area (Å²) in [4.78, 5) is 2.46. The molecular formula is C18H25FN2. The van der Waals surface area contributed by atoms with Crippen LogP contribution in [0.15, 0.2) is 18.2 Å². The van der Waals surface area contributed by atoms with Crippen molar-refractivity contribution < 1.29 is 4.39 Å². The van der Waals surface area contributed by atoms with Crippen LogP contribution in [-0.4, -0.2) is 24.5 Å². The molecule has 3 heteroatoms. The van der Waals surface area contributed by atoms with Gasteiger partial charge in [-0.2, -0.15) is 0 Å². The number of hydrogen-bond donors (Lipinski definition) is 1. The van der Waals surface area contributed by atoms with Crippen molar-refractivity contribution in [2.45, 2.75) is 39.2 Å². The van der Waals surface area contributed by atoms with Crippen molar-refractivity contribution in [2.75, 3.05) is 19.6 Å². The van der Waals surface area contributed by atoms with Gasteiger partial charge in [-0.25, -0.2) is 4.39 Å². The molecule has 1 heterocycles. The molecule has 1 aromatic carbocycles. The Morgan fingerprint density at radius 2 is 2.10 bits per heavy atom. The van der Waals surface area contributed by atoms with Gasteiger partial charge in [0, 0.05) is 6.54 Å². The zero-order chi connectivity index (χ0) is 15.1. The highest BCUT2D eigenvalue weighted by molar-refractivity contribution is 5.38. The number of benzene rings is 1. The lowest BCUT2D eigenvalue weighted by Gasteiger charge is -2.31. The molecule has 1 saturated heterocycles. The van der Waals surface area contributed by atoms with Crippen molar-refractivity contribution in [3.63, 3.8) is 0 Å². The number of likely N-dealkylation sites (tertiary alicyclic amines) is 1. The third kappa shape index (κ3) is 4.84. The molecule has 1 aromatic rings. The van der Waals surface area contributed by atoms with E-state index in [1.165, 1.54) is 31.7 Å². The average Bonchev–Trinajstić information content (AvgIpc) is 2.50. The van der Waals surface area contributed by atoms with Gasteiger partial charge in [0.25, 0.3) is 0 Å². The van der Waals surface area contributed by atoms with E-state index in [1.807, 2.05) is 12.1 Å². The highest BCUT2D eigenvalue weighted by Gasteiger charge is 2.18. The second kappa shape index (κ2) is 8.17. The van der Waals surface area contributed by atoms with Crippen LogP contribution in [0.5, 0.6) is 0 Å². The molecule has 114 valence electrons. The molecule has 2 rings (SSSR count). The van der Waals surface area contributed by atoms with Crippen LogP contribution in [0.2, 0.25) is 0 Å². The van der Waals surface area contributed by atoms with E-state index in [1.54, 1.807) is 0 Å². The van der Waals surface area contributed by atoms with Gasteiger partial charge in [0.2, 0.25) is 0 Å². The minimum absolute atomic E-state index is 0.259. The van der Waals surface area contributed by atoms with Crippen LogP contribution < -0.4 is 5.73 Å². The Balaban J connectivity index is 1.94. The molecule has 0 spiro atoms. The summed E-state index contributed by atoms with van der Waals surface area (Å²) in [6.07, 6.45) is 5.21. The second-order valence-corrected chi connectivity index (χ2v) is 5.83. The molecule has 0 atom stereocenters. The number of nitrogens with zero attached hydrogens (tertiary/aromatic N) is 1. The van der Waals surface area contributed by atoms with Gasteiger partial charge in [0.15, 0.2) is 0 Å². The maximum Gasteiger partial charge on any atom is 0.138 e. The van der Waals surface area contributed by atoms with Gasteiger partial charge in [0.1, 0.15) is 5.82 Å². The molecule has 0 bridgehead atoms. The van der Waals surface area contributed by atoms with Crippen LogP contribution in [0.25, 0.3) is 0 Å². The molecule has 2 nitrogen and oxygen atoms in total. The summed E-state index contributed by atoms with van der Waals surface area (Å²) in [6.45, 7) is 5.69. The molecule has 21 heavy (non-hydrogen) atoms. The number of nitrogens with two attached hydrogens (primary N) is 1. The summed E-state index contributed by atoms with van der Waals surface area (Å²) in [5.74, 6) is 6.16. The van der Waals surface area contributed by atoms with Gasteiger partial charge in [-0.3, -0.25) is 4.90 Å². The van der Waals surface area contributed by atoms with E-state index >= 15 is 0 Å². The summed E-state index contributed by atoms with van der Waals surface area (Å²) < 4.78 is 13.7. The largest absolute Gasteiger partial charge is 0.320 e. The van der Waals surface area contributed by atoms with Crippen molar-refractivity contribution in [1.29, 1.82) is 0 Å². The normalized spacial score (nSPS) is 16.5. The number of halogens is 1.